The number of ether oxygens (including phenoxy) is 3. The summed E-state index contributed by atoms with van der Waals surface area (Å²) in [5.74, 6) is -1.21. The predicted molar refractivity (Wildman–Crippen MR) is 315 cm³/mol. The minimum Gasteiger partial charge on any atom is -0.454 e. The molecule has 0 spiro atoms. The molecule has 0 radical (unpaired) electrons. The maximum absolute atomic E-state index is 13.4. The number of hydrogen-bond acceptors (Lipinski definition) is 10. The first-order valence-corrected chi connectivity index (χ1v) is 31.9. The smallest absolute Gasteiger partial charge is 0.306 e. The molecular weight excluding hydrogens is 955 g/mol. The Morgan fingerprint density at radius 2 is 0.908 bits per heavy atom. The molecule has 1 rings (SSSR count). The summed E-state index contributed by atoms with van der Waals surface area (Å²) in [6, 6.07) is -1.03. The maximum Gasteiger partial charge on any atom is 0.306 e. The van der Waals surface area contributed by atoms with E-state index in [0.717, 1.165) is 83.5 Å². The molecule has 1 amide bonds. The Kier molecular flexibility index (Phi) is 50.2. The Labute approximate surface area is 466 Å². The molecule has 11 heteroatoms. The van der Waals surface area contributed by atoms with E-state index in [1.165, 1.54) is 161 Å². The molecule has 0 aromatic heterocycles. The van der Waals surface area contributed by atoms with Crippen molar-refractivity contribution in [1.29, 1.82) is 0 Å². The molecule has 0 saturated carbocycles. The van der Waals surface area contributed by atoms with Crippen molar-refractivity contribution in [2.45, 2.75) is 339 Å². The van der Waals surface area contributed by atoms with Gasteiger partial charge < -0.3 is 45.1 Å². The summed E-state index contributed by atoms with van der Waals surface area (Å²) in [7, 11) is 0. The molecule has 444 valence electrons. The highest BCUT2D eigenvalue weighted by atomic mass is 16.7. The number of unbranched alkanes of at least 4 members (excludes halogenated alkanes) is 34. The van der Waals surface area contributed by atoms with Crippen LogP contribution in [0.2, 0.25) is 0 Å². The van der Waals surface area contributed by atoms with E-state index in [9.17, 15) is 35.1 Å². The van der Waals surface area contributed by atoms with E-state index in [4.69, 9.17) is 14.2 Å². The van der Waals surface area contributed by atoms with Gasteiger partial charge in [-0.05, 0) is 64.2 Å². The highest BCUT2D eigenvalue weighted by Gasteiger charge is 2.47. The summed E-state index contributed by atoms with van der Waals surface area (Å²) in [4.78, 5) is 26.5. The second-order valence-corrected chi connectivity index (χ2v) is 22.1. The van der Waals surface area contributed by atoms with E-state index in [1.54, 1.807) is 6.08 Å². The molecule has 1 aliphatic rings. The average Bonchev–Trinajstić information content (AvgIpc) is 3.42. The number of carbonyl (C=O) groups excluding carboxylic acids is 2. The minimum atomic E-state index is -1.62. The van der Waals surface area contributed by atoms with Gasteiger partial charge in [0.05, 0.1) is 25.4 Å². The van der Waals surface area contributed by atoms with Crippen molar-refractivity contribution in [1.82, 2.24) is 5.32 Å². The summed E-state index contributed by atoms with van der Waals surface area (Å²) in [5.41, 5.74) is 0. The van der Waals surface area contributed by atoms with Crippen LogP contribution in [0.4, 0.5) is 0 Å². The molecule has 76 heavy (non-hydrogen) atoms. The lowest BCUT2D eigenvalue weighted by Crippen LogP contribution is -2.61. The summed E-state index contributed by atoms with van der Waals surface area (Å²) < 4.78 is 17.6. The molecule has 1 heterocycles. The van der Waals surface area contributed by atoms with Crippen LogP contribution in [0.15, 0.2) is 48.6 Å². The quantitative estimate of drug-likeness (QED) is 0.0195. The van der Waals surface area contributed by atoms with Crippen LogP contribution in [-0.4, -0.2) is 99.6 Å². The number of allylic oxidation sites excluding steroid dienone is 7. The largest absolute Gasteiger partial charge is 0.454 e. The lowest BCUT2D eigenvalue weighted by molar-refractivity contribution is -0.305. The number of esters is 1. The lowest BCUT2D eigenvalue weighted by atomic mass is 9.99. The van der Waals surface area contributed by atoms with Crippen LogP contribution < -0.4 is 5.32 Å². The highest BCUT2D eigenvalue weighted by molar-refractivity contribution is 5.80. The zero-order valence-electron chi connectivity index (χ0n) is 49.1. The van der Waals surface area contributed by atoms with Crippen molar-refractivity contribution < 1.29 is 49.3 Å². The van der Waals surface area contributed by atoms with Crippen LogP contribution in [0, 0.1) is 0 Å². The third-order valence-corrected chi connectivity index (χ3v) is 15.0. The molecule has 11 nitrogen and oxygen atoms in total. The lowest BCUT2D eigenvalue weighted by Gasteiger charge is -2.41. The summed E-state index contributed by atoms with van der Waals surface area (Å²) in [5, 5.41) is 57.0. The van der Waals surface area contributed by atoms with Gasteiger partial charge in [0.2, 0.25) is 5.91 Å². The van der Waals surface area contributed by atoms with E-state index in [2.05, 4.69) is 62.5 Å². The summed E-state index contributed by atoms with van der Waals surface area (Å²) in [6.07, 6.45) is 54.3. The first kappa shape index (κ1) is 71.6. The Morgan fingerprint density at radius 3 is 1.38 bits per heavy atom. The van der Waals surface area contributed by atoms with E-state index < -0.39 is 67.4 Å². The molecule has 1 fully saturated rings. The third-order valence-electron chi connectivity index (χ3n) is 15.0. The van der Waals surface area contributed by atoms with E-state index in [1.807, 2.05) is 6.08 Å². The molecule has 0 aromatic carbocycles. The Balaban J connectivity index is 2.68. The zero-order valence-corrected chi connectivity index (χ0v) is 49.1. The van der Waals surface area contributed by atoms with Crippen molar-refractivity contribution >= 4 is 11.9 Å². The van der Waals surface area contributed by atoms with Crippen molar-refractivity contribution in [2.75, 3.05) is 13.2 Å². The number of aliphatic hydroxyl groups excluding tert-OH is 5. The van der Waals surface area contributed by atoms with Gasteiger partial charge in [-0.1, -0.05) is 268 Å². The normalized spacial score (nSPS) is 19.4. The zero-order chi connectivity index (χ0) is 55.4. The van der Waals surface area contributed by atoms with E-state index in [-0.39, 0.29) is 13.0 Å². The SMILES string of the molecule is CCCCC/C=C\C/C=C\C/C=C\CCCCCCC(=O)OC1C(OCC(NC(=O)C(O)CCCCCCCCCCCCCCCCCCCC)C(O)/C=C/CCCCCCCCCCCC)OC(CO)C(O)C1O. The molecule has 8 unspecified atom stereocenters. The standard InChI is InChI=1S/C65H119NO10/c1-4-7-10-13-16-19-22-25-27-29-31-32-34-37-40-43-46-49-52-58(69)64(73)66-56(57(68)51-48-45-42-39-36-24-21-18-15-12-9-6-3)55-74-65-63(62(72)61(71)59(54-67)75-65)76-60(70)53-50-47-44-41-38-35-33-30-28-26-23-20-17-14-11-8-5-2/h17,20,26,28,33,35,48,51,56-59,61-63,65,67-69,71-72H,4-16,18-19,21-25,27,29-32,34,36-47,49-50,52-55H2,1-3H3,(H,66,73)/b20-17-,28-26-,35-33-,51-48+. The second-order valence-electron chi connectivity index (χ2n) is 22.1. The molecule has 0 bridgehead atoms. The van der Waals surface area contributed by atoms with Gasteiger partial charge >= 0.3 is 5.97 Å². The molecule has 1 saturated heterocycles. The second kappa shape index (κ2) is 53.3. The van der Waals surface area contributed by atoms with Crippen LogP contribution in [0.3, 0.4) is 0 Å². The van der Waals surface area contributed by atoms with Crippen LogP contribution in [0.25, 0.3) is 0 Å². The number of hydrogen-bond donors (Lipinski definition) is 6. The third kappa shape index (κ3) is 40.8. The van der Waals surface area contributed by atoms with Crippen LogP contribution in [-0.2, 0) is 23.8 Å². The summed E-state index contributed by atoms with van der Waals surface area (Å²) >= 11 is 0. The topological polar surface area (TPSA) is 175 Å². The van der Waals surface area contributed by atoms with Gasteiger partial charge in [-0.2, -0.15) is 0 Å². The van der Waals surface area contributed by atoms with Gasteiger partial charge in [0.25, 0.3) is 0 Å². The van der Waals surface area contributed by atoms with E-state index in [0.29, 0.717) is 19.3 Å². The molecule has 1 aliphatic heterocycles. The van der Waals surface area contributed by atoms with Crippen molar-refractivity contribution in [3.63, 3.8) is 0 Å². The Bertz CT molecular complexity index is 1420. The monoisotopic (exact) mass is 1070 g/mol. The first-order valence-electron chi connectivity index (χ1n) is 31.9. The molecule has 0 aromatic rings. The fraction of sp³-hybridized carbons (Fsp3) is 0.846. The van der Waals surface area contributed by atoms with Gasteiger partial charge in [-0.15, -0.1) is 0 Å². The number of nitrogens with one attached hydrogen (secondary N) is 1. The van der Waals surface area contributed by atoms with Crippen LogP contribution in [0.1, 0.15) is 290 Å². The number of carbonyl (C=O) groups is 2. The van der Waals surface area contributed by atoms with Gasteiger partial charge in [-0.25, -0.2) is 0 Å². The molecule has 6 N–H and O–H groups in total. The number of amides is 1. The van der Waals surface area contributed by atoms with Crippen molar-refractivity contribution in [2.24, 2.45) is 0 Å². The van der Waals surface area contributed by atoms with Crippen LogP contribution >= 0.6 is 0 Å². The van der Waals surface area contributed by atoms with Gasteiger partial charge in [0.1, 0.15) is 24.4 Å². The van der Waals surface area contributed by atoms with Crippen molar-refractivity contribution in [3.05, 3.63) is 48.6 Å². The van der Waals surface area contributed by atoms with Crippen molar-refractivity contribution in [3.8, 4) is 0 Å². The van der Waals surface area contributed by atoms with Gasteiger partial charge in [0, 0.05) is 6.42 Å². The first-order chi connectivity index (χ1) is 37.2. The number of rotatable bonds is 54. The minimum absolute atomic E-state index is 0.0990. The molecular formula is C65H119NO10. The maximum atomic E-state index is 13.4. The highest BCUT2D eigenvalue weighted by Crippen LogP contribution is 2.26. The van der Waals surface area contributed by atoms with Gasteiger partial charge in [-0.3, -0.25) is 9.59 Å². The predicted octanol–water partition coefficient (Wildman–Crippen LogP) is 15.2. The fourth-order valence-electron chi connectivity index (χ4n) is 9.89. The molecule has 0 aliphatic carbocycles. The molecule has 8 atom stereocenters. The summed E-state index contributed by atoms with van der Waals surface area (Å²) in [6.45, 7) is 5.77. The average molecular weight is 1070 g/mol. The number of aliphatic hydroxyl groups is 5. The van der Waals surface area contributed by atoms with Crippen LogP contribution in [0.5, 0.6) is 0 Å². The van der Waals surface area contributed by atoms with E-state index >= 15 is 0 Å². The van der Waals surface area contributed by atoms with Gasteiger partial charge in [0.15, 0.2) is 12.4 Å². The Morgan fingerprint density at radius 1 is 0.513 bits per heavy atom. The fourth-order valence-corrected chi connectivity index (χ4v) is 9.89. The Hall–Kier alpha value is -2.38.